The Labute approximate surface area is 166 Å². The van der Waals surface area contributed by atoms with Gasteiger partial charge in [-0.05, 0) is 24.5 Å². The molecule has 28 heavy (non-hydrogen) atoms. The van der Waals surface area contributed by atoms with Gasteiger partial charge in [-0.15, -0.1) is 11.8 Å². The maximum absolute atomic E-state index is 13.8. The zero-order valence-electron chi connectivity index (χ0n) is 14.3. The van der Waals surface area contributed by atoms with Gasteiger partial charge in [0.2, 0.25) is 0 Å². The first-order valence-electron chi connectivity index (χ1n) is 7.80. The zero-order chi connectivity index (χ0) is 20.4. The van der Waals surface area contributed by atoms with Crippen molar-refractivity contribution in [2.75, 3.05) is 11.6 Å². The Balaban J connectivity index is 1.80. The van der Waals surface area contributed by atoms with Gasteiger partial charge in [-0.25, -0.2) is 17.6 Å². The van der Waals surface area contributed by atoms with E-state index >= 15 is 0 Å². The molecule has 3 rings (SSSR count). The summed E-state index contributed by atoms with van der Waals surface area (Å²) in [5.41, 5.74) is -0.582. The number of thioether (sulfide) groups is 1. The summed E-state index contributed by atoms with van der Waals surface area (Å²) < 4.78 is 55.2. The molecule has 3 aromatic rings. The molecular formula is C18H12ClF4N3OS. The van der Waals surface area contributed by atoms with Gasteiger partial charge in [0.15, 0.2) is 29.1 Å². The Morgan fingerprint density at radius 2 is 1.82 bits per heavy atom. The van der Waals surface area contributed by atoms with Gasteiger partial charge in [0.05, 0.1) is 22.7 Å². The number of rotatable bonds is 5. The Morgan fingerprint density at radius 3 is 2.46 bits per heavy atom. The summed E-state index contributed by atoms with van der Waals surface area (Å²) in [6, 6.07) is 6.47. The number of benzene rings is 2. The molecule has 2 aromatic carbocycles. The molecule has 0 saturated heterocycles. The van der Waals surface area contributed by atoms with Gasteiger partial charge in [0.25, 0.3) is 5.91 Å². The van der Waals surface area contributed by atoms with Crippen molar-refractivity contribution in [3.8, 4) is 0 Å². The number of hydrogen-bond donors (Lipinski definition) is 1. The molecule has 0 fully saturated rings. The van der Waals surface area contributed by atoms with Crippen molar-refractivity contribution in [2.45, 2.75) is 11.4 Å². The molecule has 0 aliphatic rings. The predicted molar refractivity (Wildman–Crippen MR) is 98.8 cm³/mol. The molecule has 1 heterocycles. The van der Waals surface area contributed by atoms with Gasteiger partial charge in [0, 0.05) is 23.2 Å². The third-order valence-corrected chi connectivity index (χ3v) is 4.88. The maximum Gasteiger partial charge on any atom is 0.258 e. The molecule has 0 atom stereocenters. The maximum atomic E-state index is 13.8. The molecule has 1 N–H and O–H groups in total. The Bertz CT molecular complexity index is 1030. The van der Waals surface area contributed by atoms with E-state index in [-0.39, 0.29) is 22.5 Å². The van der Waals surface area contributed by atoms with E-state index in [0.29, 0.717) is 0 Å². The number of halogens is 5. The van der Waals surface area contributed by atoms with Crippen LogP contribution in [0.25, 0.3) is 0 Å². The average molecular weight is 430 g/mol. The monoisotopic (exact) mass is 429 g/mol. The van der Waals surface area contributed by atoms with Crippen molar-refractivity contribution in [1.82, 2.24) is 9.78 Å². The Kier molecular flexibility index (Phi) is 5.95. The van der Waals surface area contributed by atoms with Crippen LogP contribution in [0, 0.1) is 23.3 Å². The number of carbonyl (C=O) groups excluding carboxylic acids is 1. The van der Waals surface area contributed by atoms with Crippen molar-refractivity contribution in [2.24, 2.45) is 0 Å². The minimum Gasteiger partial charge on any atom is -0.305 e. The third kappa shape index (κ3) is 4.15. The second-order valence-corrected chi connectivity index (χ2v) is 6.93. The molecule has 146 valence electrons. The number of hydrogen-bond acceptors (Lipinski definition) is 3. The van der Waals surface area contributed by atoms with Gasteiger partial charge in [0.1, 0.15) is 0 Å². The molecule has 0 bridgehead atoms. The minimum atomic E-state index is -1.50. The van der Waals surface area contributed by atoms with Crippen LogP contribution in [0.5, 0.6) is 0 Å². The predicted octanol–water partition coefficient (Wildman–Crippen LogP) is 5.12. The number of nitrogens with zero attached hydrogens (tertiary/aromatic N) is 2. The van der Waals surface area contributed by atoms with Crippen LogP contribution in [0.4, 0.5) is 23.4 Å². The molecule has 4 nitrogen and oxygen atoms in total. The van der Waals surface area contributed by atoms with Crippen molar-refractivity contribution in [3.63, 3.8) is 0 Å². The van der Waals surface area contributed by atoms with Crippen LogP contribution in [-0.2, 0) is 6.54 Å². The molecular weight excluding hydrogens is 418 g/mol. The molecule has 0 spiro atoms. The number of nitrogens with one attached hydrogen (secondary N) is 1. The fourth-order valence-corrected chi connectivity index (χ4v) is 3.07. The number of amides is 1. The Morgan fingerprint density at radius 1 is 1.14 bits per heavy atom. The summed E-state index contributed by atoms with van der Waals surface area (Å²) in [6.45, 7) is -0.565. The van der Waals surface area contributed by atoms with Gasteiger partial charge in [-0.3, -0.25) is 9.48 Å². The zero-order valence-corrected chi connectivity index (χ0v) is 15.8. The van der Waals surface area contributed by atoms with E-state index in [1.54, 1.807) is 18.2 Å². The van der Waals surface area contributed by atoms with Crippen LogP contribution in [-0.4, -0.2) is 21.9 Å². The normalized spacial score (nSPS) is 10.9. The van der Waals surface area contributed by atoms with Crippen LogP contribution in [0.15, 0.2) is 41.4 Å². The fourth-order valence-electron chi connectivity index (χ4n) is 2.43. The number of anilines is 1. The molecule has 0 saturated carbocycles. The third-order valence-electron chi connectivity index (χ3n) is 3.82. The topological polar surface area (TPSA) is 46.9 Å². The van der Waals surface area contributed by atoms with Gasteiger partial charge in [-0.2, -0.15) is 5.10 Å². The van der Waals surface area contributed by atoms with Crippen LogP contribution >= 0.6 is 23.4 Å². The highest BCUT2D eigenvalue weighted by molar-refractivity contribution is 7.98. The van der Waals surface area contributed by atoms with Gasteiger partial charge >= 0.3 is 0 Å². The number of aromatic nitrogens is 2. The summed E-state index contributed by atoms with van der Waals surface area (Å²) >= 11 is 7.48. The van der Waals surface area contributed by atoms with Crippen molar-refractivity contribution in [3.05, 3.63) is 75.9 Å². The van der Waals surface area contributed by atoms with Crippen LogP contribution in [0.3, 0.4) is 0 Å². The molecule has 0 aliphatic heterocycles. The lowest BCUT2D eigenvalue weighted by molar-refractivity contribution is 0.102. The Hall–Kier alpha value is -2.52. The van der Waals surface area contributed by atoms with E-state index < -0.39 is 41.3 Å². The molecule has 10 heteroatoms. The summed E-state index contributed by atoms with van der Waals surface area (Å²) in [7, 11) is 0. The van der Waals surface area contributed by atoms with Gasteiger partial charge < -0.3 is 5.32 Å². The summed E-state index contributed by atoms with van der Waals surface area (Å²) in [4.78, 5) is 13.2. The van der Waals surface area contributed by atoms with Crippen molar-refractivity contribution < 1.29 is 22.4 Å². The lowest BCUT2D eigenvalue weighted by atomic mass is 10.2. The highest BCUT2D eigenvalue weighted by atomic mass is 35.5. The summed E-state index contributed by atoms with van der Waals surface area (Å²) in [5.74, 6) is -6.45. The highest BCUT2D eigenvalue weighted by Gasteiger charge is 2.20. The lowest BCUT2D eigenvalue weighted by Crippen LogP contribution is -2.14. The quantitative estimate of drug-likeness (QED) is 0.348. The van der Waals surface area contributed by atoms with Gasteiger partial charge in [-0.1, -0.05) is 11.6 Å². The van der Waals surface area contributed by atoms with Crippen LogP contribution < -0.4 is 5.32 Å². The van der Waals surface area contributed by atoms with Crippen molar-refractivity contribution in [1.29, 1.82) is 0 Å². The van der Waals surface area contributed by atoms with E-state index in [1.165, 1.54) is 24.0 Å². The van der Waals surface area contributed by atoms with E-state index in [2.05, 4.69) is 10.4 Å². The van der Waals surface area contributed by atoms with E-state index in [0.717, 1.165) is 9.58 Å². The first kappa shape index (κ1) is 20.2. The first-order valence-corrected chi connectivity index (χ1v) is 9.40. The first-order chi connectivity index (χ1) is 13.3. The van der Waals surface area contributed by atoms with Crippen molar-refractivity contribution >= 4 is 35.1 Å². The van der Waals surface area contributed by atoms with E-state index in [1.807, 2.05) is 6.26 Å². The average Bonchev–Trinajstić information content (AvgIpc) is 3.11. The second-order valence-electron chi connectivity index (χ2n) is 5.65. The highest BCUT2D eigenvalue weighted by Crippen LogP contribution is 2.24. The summed E-state index contributed by atoms with van der Waals surface area (Å²) in [5, 5.41) is 6.70. The fraction of sp³-hybridized carbons (Fsp3) is 0.111. The van der Waals surface area contributed by atoms with E-state index in [9.17, 15) is 22.4 Å². The molecule has 0 radical (unpaired) electrons. The molecule has 0 aliphatic carbocycles. The molecule has 1 aromatic heterocycles. The van der Waals surface area contributed by atoms with Crippen LogP contribution in [0.2, 0.25) is 5.02 Å². The largest absolute Gasteiger partial charge is 0.305 e. The standard InChI is InChI=1S/C18H12ClF4N3OS/c1-28-9-2-3-12(19)10(6-9)18(27)24-15-4-5-26(25-15)8-11-16(22)13(20)7-14(21)17(11)23/h2-7H,8H2,1H3,(H,24,25,27). The lowest BCUT2D eigenvalue weighted by Gasteiger charge is -2.08. The molecule has 0 unspecified atom stereocenters. The number of carbonyl (C=O) groups is 1. The molecule has 1 amide bonds. The second kappa shape index (κ2) is 8.24. The summed E-state index contributed by atoms with van der Waals surface area (Å²) in [6.07, 6.45) is 3.15. The smallest absolute Gasteiger partial charge is 0.258 e. The van der Waals surface area contributed by atoms with E-state index in [4.69, 9.17) is 11.6 Å². The SMILES string of the molecule is CSc1ccc(Cl)c(C(=O)Nc2ccn(Cc3c(F)c(F)cc(F)c3F)n2)c1. The minimum absolute atomic E-state index is 0.0771. The van der Waals surface area contributed by atoms with Crippen LogP contribution in [0.1, 0.15) is 15.9 Å².